The number of rotatable bonds is 6. The third-order valence-electron chi connectivity index (χ3n) is 5.26. The summed E-state index contributed by atoms with van der Waals surface area (Å²) in [6, 6.07) is 12.9. The molecule has 0 atom stereocenters. The molecule has 0 saturated heterocycles. The van der Waals surface area contributed by atoms with Gasteiger partial charge in [0.2, 0.25) is 0 Å². The van der Waals surface area contributed by atoms with E-state index in [9.17, 15) is 4.79 Å². The van der Waals surface area contributed by atoms with Crippen molar-refractivity contribution < 1.29 is 9.53 Å². The zero-order chi connectivity index (χ0) is 20.7. The number of H-pyrrole nitrogens is 1. The zero-order valence-electron chi connectivity index (χ0n) is 16.2. The van der Waals surface area contributed by atoms with Crippen molar-refractivity contribution in [2.45, 2.75) is 12.8 Å². The molecule has 0 unspecified atom stereocenters. The molecule has 0 bridgehead atoms. The van der Waals surface area contributed by atoms with Gasteiger partial charge in [-0.25, -0.2) is 5.10 Å². The maximum Gasteiger partial charge on any atom is 0.272 e. The summed E-state index contributed by atoms with van der Waals surface area (Å²) in [6.07, 6.45) is 2.49. The smallest absolute Gasteiger partial charge is 0.272 e. The third-order valence-corrected chi connectivity index (χ3v) is 5.50. The van der Waals surface area contributed by atoms with Crippen LogP contribution in [0.25, 0.3) is 22.3 Å². The number of nitrogens with one attached hydrogen (secondary N) is 2. The maximum absolute atomic E-state index is 13.1. The number of ether oxygens (including phenoxy) is 1. The van der Waals surface area contributed by atoms with Gasteiger partial charge in [0.05, 0.1) is 17.8 Å². The summed E-state index contributed by atoms with van der Waals surface area (Å²) in [6.45, 7) is 0.749. The Labute approximate surface area is 177 Å². The topological polar surface area (TPSA) is 97.7 Å². The van der Waals surface area contributed by atoms with E-state index < -0.39 is 0 Å². The van der Waals surface area contributed by atoms with Gasteiger partial charge in [-0.15, -0.1) is 5.10 Å². The van der Waals surface area contributed by atoms with Gasteiger partial charge in [-0.3, -0.25) is 4.79 Å². The van der Waals surface area contributed by atoms with Crippen molar-refractivity contribution in [3.8, 4) is 17.1 Å². The second-order valence-electron chi connectivity index (χ2n) is 7.46. The highest BCUT2D eigenvalue weighted by Gasteiger charge is 2.22. The van der Waals surface area contributed by atoms with Gasteiger partial charge in [-0.1, -0.05) is 11.6 Å². The first-order valence-electron chi connectivity index (χ1n) is 9.66. The van der Waals surface area contributed by atoms with Crippen LogP contribution in [0.4, 0.5) is 5.69 Å². The van der Waals surface area contributed by atoms with E-state index >= 15 is 0 Å². The van der Waals surface area contributed by atoms with E-state index in [1.807, 2.05) is 35.9 Å². The summed E-state index contributed by atoms with van der Waals surface area (Å²) < 4.78 is 7.74. The number of amides is 1. The van der Waals surface area contributed by atoms with Crippen molar-refractivity contribution in [3.05, 3.63) is 53.2 Å². The van der Waals surface area contributed by atoms with Gasteiger partial charge in [0.15, 0.2) is 5.82 Å². The number of fused-ring (bicyclic) bond motifs is 1. The molecule has 1 aliphatic carbocycles. The molecule has 30 heavy (non-hydrogen) atoms. The molecule has 8 nitrogen and oxygen atoms in total. The highest BCUT2D eigenvalue weighted by molar-refractivity contribution is 6.31. The Morgan fingerprint density at radius 3 is 2.90 bits per heavy atom. The lowest BCUT2D eigenvalue weighted by molar-refractivity contribution is 0.102. The number of aromatic amines is 1. The standard InChI is InChI=1S/C21H19ClN6O2/c1-28-18-10-15(30-11-12-2-3-12)6-4-13(18)8-19(28)21(29)23-17-7-5-14(22)9-16(17)20-24-26-27-25-20/h4-10,12H,2-3,11H2,1H3,(H,23,29)(H,24,25,26,27). The molecule has 4 aromatic rings. The molecule has 2 aromatic heterocycles. The Morgan fingerprint density at radius 2 is 2.13 bits per heavy atom. The molecule has 1 amide bonds. The number of aryl methyl sites for hydroxylation is 1. The Hall–Kier alpha value is -3.39. The SMILES string of the molecule is Cn1c(C(=O)Nc2ccc(Cl)cc2-c2nnn[nH]2)cc2ccc(OCC3CC3)cc21. The van der Waals surface area contributed by atoms with Crippen LogP contribution >= 0.6 is 11.6 Å². The second kappa shape index (κ2) is 7.46. The lowest BCUT2D eigenvalue weighted by Gasteiger charge is -2.10. The van der Waals surface area contributed by atoms with Crippen LogP contribution < -0.4 is 10.1 Å². The number of aromatic nitrogens is 5. The molecule has 2 aromatic carbocycles. The predicted octanol–water partition coefficient (Wildman–Crippen LogP) is 4.05. The maximum atomic E-state index is 13.1. The molecule has 152 valence electrons. The highest BCUT2D eigenvalue weighted by Crippen LogP contribution is 2.31. The Morgan fingerprint density at radius 1 is 1.27 bits per heavy atom. The number of hydrogen-bond acceptors (Lipinski definition) is 5. The molecule has 5 rings (SSSR count). The fourth-order valence-corrected chi connectivity index (χ4v) is 3.57. The van der Waals surface area contributed by atoms with Gasteiger partial charge in [0.1, 0.15) is 11.4 Å². The summed E-state index contributed by atoms with van der Waals surface area (Å²) in [5, 5.41) is 18.2. The van der Waals surface area contributed by atoms with Crippen molar-refractivity contribution >= 4 is 34.1 Å². The highest BCUT2D eigenvalue weighted by atomic mass is 35.5. The zero-order valence-corrected chi connectivity index (χ0v) is 17.0. The Bertz CT molecular complexity index is 1230. The third kappa shape index (κ3) is 3.61. The number of anilines is 1. The minimum absolute atomic E-state index is 0.245. The fourth-order valence-electron chi connectivity index (χ4n) is 3.40. The van der Waals surface area contributed by atoms with Crippen LogP contribution in [0.15, 0.2) is 42.5 Å². The molecular weight excluding hydrogens is 404 g/mol. The first kappa shape index (κ1) is 18.6. The minimum atomic E-state index is -0.245. The van der Waals surface area contributed by atoms with E-state index in [4.69, 9.17) is 16.3 Å². The van der Waals surface area contributed by atoms with Gasteiger partial charge >= 0.3 is 0 Å². The molecular formula is C21H19ClN6O2. The first-order chi connectivity index (χ1) is 14.6. The van der Waals surface area contributed by atoms with E-state index in [1.165, 1.54) is 12.8 Å². The number of carbonyl (C=O) groups excluding carboxylic acids is 1. The normalized spacial score (nSPS) is 13.5. The molecule has 0 aliphatic heterocycles. The van der Waals surface area contributed by atoms with E-state index in [-0.39, 0.29) is 5.91 Å². The van der Waals surface area contributed by atoms with Crippen LogP contribution in [-0.4, -0.2) is 37.7 Å². The summed E-state index contributed by atoms with van der Waals surface area (Å²) in [5.41, 5.74) is 2.63. The molecule has 1 fully saturated rings. The molecule has 0 spiro atoms. The van der Waals surface area contributed by atoms with Gasteiger partial charge in [0, 0.05) is 29.1 Å². The molecule has 9 heteroatoms. The number of nitrogens with zero attached hydrogens (tertiary/aromatic N) is 4. The van der Waals surface area contributed by atoms with Crippen molar-refractivity contribution in [1.29, 1.82) is 0 Å². The first-order valence-corrected chi connectivity index (χ1v) is 10.0. The van der Waals surface area contributed by atoms with Crippen LogP contribution in [-0.2, 0) is 7.05 Å². The largest absolute Gasteiger partial charge is 0.493 e. The predicted molar refractivity (Wildman–Crippen MR) is 114 cm³/mol. The van der Waals surface area contributed by atoms with Crippen LogP contribution in [0.2, 0.25) is 5.02 Å². The minimum Gasteiger partial charge on any atom is -0.493 e. The fraction of sp³-hybridized carbons (Fsp3) is 0.238. The van der Waals surface area contributed by atoms with E-state index in [1.54, 1.807) is 18.2 Å². The average Bonchev–Trinajstić information content (AvgIpc) is 3.29. The van der Waals surface area contributed by atoms with Crippen LogP contribution in [0.3, 0.4) is 0 Å². The Kier molecular flexibility index (Phi) is 4.63. The van der Waals surface area contributed by atoms with E-state index in [2.05, 4.69) is 25.9 Å². The second-order valence-corrected chi connectivity index (χ2v) is 7.89. The summed E-state index contributed by atoms with van der Waals surface area (Å²) >= 11 is 6.12. The number of hydrogen-bond donors (Lipinski definition) is 2. The lowest BCUT2D eigenvalue weighted by Crippen LogP contribution is -2.16. The summed E-state index contributed by atoms with van der Waals surface area (Å²) in [5.74, 6) is 1.68. The van der Waals surface area contributed by atoms with Gasteiger partial charge in [0.25, 0.3) is 5.91 Å². The molecule has 2 N–H and O–H groups in total. The lowest BCUT2D eigenvalue weighted by atomic mass is 10.1. The van der Waals surface area contributed by atoms with Crippen LogP contribution in [0.1, 0.15) is 23.3 Å². The number of halogens is 1. The quantitative estimate of drug-likeness (QED) is 0.488. The van der Waals surface area contributed by atoms with Crippen LogP contribution in [0.5, 0.6) is 5.75 Å². The van der Waals surface area contributed by atoms with Gasteiger partial charge < -0.3 is 14.6 Å². The van der Waals surface area contributed by atoms with E-state index in [0.717, 1.165) is 23.3 Å². The summed E-state index contributed by atoms with van der Waals surface area (Å²) in [7, 11) is 1.87. The van der Waals surface area contributed by atoms with Crippen molar-refractivity contribution in [1.82, 2.24) is 25.2 Å². The van der Waals surface area contributed by atoms with Crippen molar-refractivity contribution in [2.75, 3.05) is 11.9 Å². The average molecular weight is 423 g/mol. The number of carbonyl (C=O) groups is 1. The number of benzene rings is 2. The van der Waals surface area contributed by atoms with Crippen molar-refractivity contribution in [3.63, 3.8) is 0 Å². The molecule has 1 aliphatic rings. The van der Waals surface area contributed by atoms with Gasteiger partial charge in [-0.05, 0) is 65.6 Å². The molecule has 2 heterocycles. The number of tetrazole rings is 1. The monoisotopic (exact) mass is 422 g/mol. The Balaban J connectivity index is 1.43. The van der Waals surface area contributed by atoms with Crippen LogP contribution in [0, 0.1) is 5.92 Å². The van der Waals surface area contributed by atoms with Crippen molar-refractivity contribution in [2.24, 2.45) is 13.0 Å². The molecule has 0 radical (unpaired) electrons. The molecule has 1 saturated carbocycles. The summed E-state index contributed by atoms with van der Waals surface area (Å²) in [4.78, 5) is 13.1. The van der Waals surface area contributed by atoms with Gasteiger partial charge in [-0.2, -0.15) is 0 Å². The van der Waals surface area contributed by atoms with E-state index in [0.29, 0.717) is 33.7 Å².